The molecule has 0 N–H and O–H groups in total. The van der Waals surface area contributed by atoms with Crippen molar-refractivity contribution in [3.8, 4) is 16.9 Å². The number of hydrogen-bond donors (Lipinski definition) is 0. The third-order valence-electron chi connectivity index (χ3n) is 7.93. The number of rotatable bonds is 4. The Labute approximate surface area is 224 Å². The molecule has 0 aromatic heterocycles. The minimum atomic E-state index is 0.0882. The number of nitrogens with zero attached hydrogens (tertiary/aromatic N) is 1. The summed E-state index contributed by atoms with van der Waals surface area (Å²) in [5, 5.41) is 0. The van der Waals surface area contributed by atoms with E-state index in [9.17, 15) is 0 Å². The van der Waals surface area contributed by atoms with E-state index in [2.05, 4.69) is 132 Å². The van der Waals surface area contributed by atoms with Gasteiger partial charge in [0, 0.05) is 13.1 Å². The van der Waals surface area contributed by atoms with Crippen molar-refractivity contribution in [1.82, 2.24) is 4.90 Å². The van der Waals surface area contributed by atoms with Gasteiger partial charge < -0.3 is 4.74 Å². The molecular weight excluding hydrogens is 462 g/mol. The first-order valence-electron chi connectivity index (χ1n) is 13.3. The van der Waals surface area contributed by atoms with E-state index in [0.717, 1.165) is 18.8 Å². The van der Waals surface area contributed by atoms with Crippen LogP contribution in [-0.4, -0.2) is 12.0 Å². The van der Waals surface area contributed by atoms with Gasteiger partial charge in [0.1, 0.15) is 5.75 Å². The first-order valence-corrected chi connectivity index (χ1v) is 13.3. The van der Waals surface area contributed by atoms with Crippen molar-refractivity contribution in [2.45, 2.75) is 19.1 Å². The third kappa shape index (κ3) is 3.77. The molecular formula is C36H29NO. The van der Waals surface area contributed by atoms with E-state index in [-0.39, 0.29) is 6.04 Å². The molecule has 2 heteroatoms. The van der Waals surface area contributed by atoms with Gasteiger partial charge in [0.15, 0.2) is 0 Å². The maximum atomic E-state index is 5.53. The highest BCUT2D eigenvalue weighted by molar-refractivity contribution is 6.11. The molecule has 184 valence electrons. The van der Waals surface area contributed by atoms with E-state index < -0.39 is 0 Å². The zero-order chi connectivity index (χ0) is 25.5. The average molecular weight is 492 g/mol. The fraction of sp³-hybridized carbons (Fsp3) is 0.111. The molecule has 2 aliphatic rings. The molecule has 1 heterocycles. The Morgan fingerprint density at radius 3 is 1.79 bits per heavy atom. The molecule has 1 aliphatic carbocycles. The molecule has 1 aliphatic heterocycles. The summed E-state index contributed by atoms with van der Waals surface area (Å²) in [6, 6.07) is 46.3. The number of ether oxygens (including phenoxy) is 1. The van der Waals surface area contributed by atoms with Gasteiger partial charge in [-0.3, -0.25) is 4.90 Å². The Balaban J connectivity index is 1.53. The van der Waals surface area contributed by atoms with E-state index in [4.69, 9.17) is 4.74 Å². The first kappa shape index (κ1) is 22.8. The van der Waals surface area contributed by atoms with Crippen LogP contribution in [0.2, 0.25) is 0 Å². The SMILES string of the molecule is COc1ccc(C2C(=C3c4ccccc4-c4ccccc43)c3ccccc3CN2Cc2ccccc2)cc1. The molecule has 0 bridgehead atoms. The van der Waals surface area contributed by atoms with Gasteiger partial charge >= 0.3 is 0 Å². The van der Waals surface area contributed by atoms with Gasteiger partial charge in [0.05, 0.1) is 13.2 Å². The zero-order valence-corrected chi connectivity index (χ0v) is 21.5. The molecule has 1 atom stereocenters. The molecule has 0 saturated carbocycles. The van der Waals surface area contributed by atoms with Crippen LogP contribution in [0.5, 0.6) is 5.75 Å². The number of fused-ring (bicyclic) bond motifs is 4. The van der Waals surface area contributed by atoms with Crippen molar-refractivity contribution in [2.24, 2.45) is 0 Å². The molecule has 2 nitrogen and oxygen atoms in total. The number of methoxy groups -OCH3 is 1. The Hall–Kier alpha value is -4.40. The fourth-order valence-electron chi connectivity index (χ4n) is 6.27. The van der Waals surface area contributed by atoms with Gasteiger partial charge in [-0.25, -0.2) is 0 Å². The summed E-state index contributed by atoms with van der Waals surface area (Å²) in [6.07, 6.45) is 0. The lowest BCUT2D eigenvalue weighted by atomic mass is 9.80. The van der Waals surface area contributed by atoms with Crippen LogP contribution in [0.3, 0.4) is 0 Å². The van der Waals surface area contributed by atoms with E-state index in [1.54, 1.807) is 7.11 Å². The molecule has 0 saturated heterocycles. The molecule has 1 unspecified atom stereocenters. The van der Waals surface area contributed by atoms with Gasteiger partial charge in [-0.05, 0) is 67.8 Å². The highest BCUT2D eigenvalue weighted by Crippen LogP contribution is 2.53. The molecule has 38 heavy (non-hydrogen) atoms. The average Bonchev–Trinajstić information content (AvgIpc) is 3.31. The van der Waals surface area contributed by atoms with Crippen molar-refractivity contribution >= 4 is 11.1 Å². The third-order valence-corrected chi connectivity index (χ3v) is 7.93. The Kier molecular flexibility index (Phi) is 5.68. The minimum Gasteiger partial charge on any atom is -0.497 e. The predicted octanol–water partition coefficient (Wildman–Crippen LogP) is 8.39. The van der Waals surface area contributed by atoms with Crippen LogP contribution in [-0.2, 0) is 13.1 Å². The molecule has 0 spiro atoms. The Bertz CT molecular complexity index is 1600. The van der Waals surface area contributed by atoms with Gasteiger partial charge in [-0.2, -0.15) is 0 Å². The van der Waals surface area contributed by atoms with Crippen molar-refractivity contribution < 1.29 is 4.74 Å². The van der Waals surface area contributed by atoms with E-state index in [1.165, 1.54) is 55.7 Å². The summed E-state index contributed by atoms with van der Waals surface area (Å²) in [4.78, 5) is 2.63. The van der Waals surface area contributed by atoms with E-state index in [0.29, 0.717) is 0 Å². The van der Waals surface area contributed by atoms with Crippen molar-refractivity contribution in [1.29, 1.82) is 0 Å². The quantitative estimate of drug-likeness (QED) is 0.245. The van der Waals surface area contributed by atoms with Gasteiger partial charge in [-0.1, -0.05) is 115 Å². The summed E-state index contributed by atoms with van der Waals surface area (Å²) in [7, 11) is 1.73. The van der Waals surface area contributed by atoms with Crippen LogP contribution in [0.4, 0.5) is 0 Å². The summed E-state index contributed by atoms with van der Waals surface area (Å²) in [5.74, 6) is 0.880. The van der Waals surface area contributed by atoms with Crippen LogP contribution >= 0.6 is 0 Å². The second kappa shape index (κ2) is 9.48. The highest BCUT2D eigenvalue weighted by atomic mass is 16.5. The summed E-state index contributed by atoms with van der Waals surface area (Å²) in [6.45, 7) is 1.76. The predicted molar refractivity (Wildman–Crippen MR) is 156 cm³/mol. The highest BCUT2D eigenvalue weighted by Gasteiger charge is 2.37. The van der Waals surface area contributed by atoms with Gasteiger partial charge in [-0.15, -0.1) is 0 Å². The van der Waals surface area contributed by atoms with Crippen LogP contribution in [0, 0.1) is 0 Å². The normalized spacial score (nSPS) is 16.1. The maximum absolute atomic E-state index is 5.53. The lowest BCUT2D eigenvalue weighted by molar-refractivity contribution is 0.211. The molecule has 7 rings (SSSR count). The smallest absolute Gasteiger partial charge is 0.118 e. The molecule has 0 fully saturated rings. The second-order valence-corrected chi connectivity index (χ2v) is 10.1. The zero-order valence-electron chi connectivity index (χ0n) is 21.5. The lowest BCUT2D eigenvalue weighted by Crippen LogP contribution is -2.33. The fourth-order valence-corrected chi connectivity index (χ4v) is 6.27. The lowest BCUT2D eigenvalue weighted by Gasteiger charge is -2.40. The van der Waals surface area contributed by atoms with Crippen LogP contribution in [0.1, 0.15) is 39.4 Å². The summed E-state index contributed by atoms with van der Waals surface area (Å²) >= 11 is 0. The standard InChI is InChI=1S/C36H29NO/c1-38-28-21-19-26(20-22-28)36-35(34-32-17-9-7-15-30(32)31-16-8-10-18-33(31)34)29-14-6-5-13-27(29)24-37(36)23-25-11-3-2-4-12-25/h2-22,36H,23-24H2,1H3. The number of benzene rings is 5. The Morgan fingerprint density at radius 2 is 1.16 bits per heavy atom. The molecule has 5 aromatic rings. The summed E-state index contributed by atoms with van der Waals surface area (Å²) in [5.41, 5.74) is 13.3. The van der Waals surface area contributed by atoms with Crippen molar-refractivity contribution in [3.05, 3.63) is 161 Å². The minimum absolute atomic E-state index is 0.0882. The number of hydrogen-bond acceptors (Lipinski definition) is 2. The van der Waals surface area contributed by atoms with Gasteiger partial charge in [0.25, 0.3) is 0 Å². The van der Waals surface area contributed by atoms with Gasteiger partial charge in [0.2, 0.25) is 0 Å². The molecule has 5 aromatic carbocycles. The topological polar surface area (TPSA) is 12.5 Å². The molecule has 0 amide bonds. The van der Waals surface area contributed by atoms with Crippen molar-refractivity contribution in [2.75, 3.05) is 7.11 Å². The Morgan fingerprint density at radius 1 is 0.605 bits per heavy atom. The maximum Gasteiger partial charge on any atom is 0.118 e. The van der Waals surface area contributed by atoms with E-state index >= 15 is 0 Å². The van der Waals surface area contributed by atoms with E-state index in [1.807, 2.05) is 0 Å². The van der Waals surface area contributed by atoms with Crippen LogP contribution in [0.15, 0.2) is 127 Å². The summed E-state index contributed by atoms with van der Waals surface area (Å²) < 4.78 is 5.53. The monoisotopic (exact) mass is 491 g/mol. The van der Waals surface area contributed by atoms with Crippen LogP contribution < -0.4 is 4.74 Å². The van der Waals surface area contributed by atoms with Crippen molar-refractivity contribution in [3.63, 3.8) is 0 Å². The first-order chi connectivity index (χ1) is 18.8. The second-order valence-electron chi connectivity index (χ2n) is 10.1. The molecule has 0 radical (unpaired) electrons. The van der Waals surface area contributed by atoms with Crippen LogP contribution in [0.25, 0.3) is 22.3 Å². The largest absolute Gasteiger partial charge is 0.497 e.